The van der Waals surface area contributed by atoms with E-state index < -0.39 is 0 Å². The summed E-state index contributed by atoms with van der Waals surface area (Å²) in [5.74, 6) is 0.0344. The summed E-state index contributed by atoms with van der Waals surface area (Å²) in [6.45, 7) is 12.7. The Bertz CT molecular complexity index is 500. The van der Waals surface area contributed by atoms with Crippen molar-refractivity contribution in [1.29, 1.82) is 0 Å². The second-order valence-corrected chi connectivity index (χ2v) is 6.90. The van der Waals surface area contributed by atoms with E-state index in [0.29, 0.717) is 11.4 Å². The number of hydrogen-bond acceptors (Lipinski definition) is 3. The molecule has 0 aromatic carbocycles. The third kappa shape index (κ3) is 1.91. The summed E-state index contributed by atoms with van der Waals surface area (Å²) >= 11 is 0. The van der Waals surface area contributed by atoms with E-state index in [9.17, 15) is 4.79 Å². The first kappa shape index (κ1) is 13.9. The maximum Gasteiger partial charge on any atom is 0.274 e. The zero-order valence-corrected chi connectivity index (χ0v) is 12.6. The van der Waals surface area contributed by atoms with Crippen LogP contribution in [-0.4, -0.2) is 22.1 Å². The normalized spacial score (nSPS) is 20.6. The van der Waals surface area contributed by atoms with Gasteiger partial charge in [-0.05, 0) is 16.7 Å². The van der Waals surface area contributed by atoms with E-state index in [1.165, 1.54) is 0 Å². The van der Waals surface area contributed by atoms with Crippen LogP contribution in [0.3, 0.4) is 0 Å². The molecule has 1 aromatic heterocycles. The minimum absolute atomic E-state index is 0.106. The van der Waals surface area contributed by atoms with Gasteiger partial charge in [0.15, 0.2) is 5.69 Å². The van der Waals surface area contributed by atoms with Crippen molar-refractivity contribution < 1.29 is 4.79 Å². The molecule has 106 valence electrons. The molecule has 1 aliphatic carbocycles. The standard InChI is InChI=1S/C14H24N4O/c1-7(2)9-8(15)10(18-17-9)11(19)16-12-13(3,4)14(12,5)6/h7,12H,15H2,1-6H3,(H,16,19)(H,17,18). The van der Waals surface area contributed by atoms with Gasteiger partial charge in [0.25, 0.3) is 5.91 Å². The Morgan fingerprint density at radius 2 is 1.84 bits per heavy atom. The van der Waals surface area contributed by atoms with Gasteiger partial charge in [0, 0.05) is 6.04 Å². The number of rotatable bonds is 3. The van der Waals surface area contributed by atoms with Crippen LogP contribution in [0.15, 0.2) is 0 Å². The maximum atomic E-state index is 12.3. The largest absolute Gasteiger partial charge is 0.395 e. The molecular weight excluding hydrogens is 240 g/mol. The van der Waals surface area contributed by atoms with Gasteiger partial charge in [0.1, 0.15) is 0 Å². The Kier molecular flexibility index (Phi) is 2.92. The highest BCUT2D eigenvalue weighted by molar-refractivity contribution is 5.98. The van der Waals surface area contributed by atoms with Gasteiger partial charge in [-0.15, -0.1) is 0 Å². The number of carbonyl (C=O) groups is 1. The molecule has 19 heavy (non-hydrogen) atoms. The Balaban J connectivity index is 2.15. The molecule has 0 saturated heterocycles. The van der Waals surface area contributed by atoms with Crippen LogP contribution in [0.1, 0.15) is 63.6 Å². The fourth-order valence-electron chi connectivity index (χ4n) is 2.73. The molecule has 0 bridgehead atoms. The van der Waals surface area contributed by atoms with E-state index in [4.69, 9.17) is 5.73 Å². The quantitative estimate of drug-likeness (QED) is 0.783. The van der Waals surface area contributed by atoms with Crippen molar-refractivity contribution in [2.45, 2.75) is 53.5 Å². The third-order valence-electron chi connectivity index (χ3n) is 4.92. The van der Waals surface area contributed by atoms with E-state index in [-0.39, 0.29) is 28.7 Å². The van der Waals surface area contributed by atoms with Gasteiger partial charge in [0.05, 0.1) is 11.4 Å². The lowest BCUT2D eigenvalue weighted by Gasteiger charge is -2.06. The summed E-state index contributed by atoms with van der Waals surface area (Å²) < 4.78 is 0. The summed E-state index contributed by atoms with van der Waals surface area (Å²) in [6.07, 6.45) is 0. The van der Waals surface area contributed by atoms with Crippen LogP contribution in [0.5, 0.6) is 0 Å². The number of H-pyrrole nitrogens is 1. The van der Waals surface area contributed by atoms with Crippen LogP contribution in [0.4, 0.5) is 5.69 Å². The number of hydrogen-bond donors (Lipinski definition) is 3. The van der Waals surface area contributed by atoms with Gasteiger partial charge in [-0.1, -0.05) is 41.5 Å². The number of nitrogens with two attached hydrogens (primary N) is 1. The molecule has 1 heterocycles. The highest BCUT2D eigenvalue weighted by Crippen LogP contribution is 2.62. The van der Waals surface area contributed by atoms with Crippen LogP contribution in [-0.2, 0) is 0 Å². The van der Waals surface area contributed by atoms with Gasteiger partial charge in [-0.3, -0.25) is 9.89 Å². The molecule has 4 N–H and O–H groups in total. The van der Waals surface area contributed by atoms with Gasteiger partial charge in [-0.25, -0.2) is 0 Å². The number of nitrogens with one attached hydrogen (secondary N) is 2. The van der Waals surface area contributed by atoms with Crippen molar-refractivity contribution in [3.63, 3.8) is 0 Å². The Morgan fingerprint density at radius 3 is 2.21 bits per heavy atom. The molecular formula is C14H24N4O. The predicted molar refractivity (Wildman–Crippen MR) is 75.9 cm³/mol. The number of carbonyl (C=O) groups excluding carboxylic acids is 1. The van der Waals surface area contributed by atoms with Crippen LogP contribution in [0, 0.1) is 10.8 Å². The molecule has 0 radical (unpaired) electrons. The topological polar surface area (TPSA) is 83.8 Å². The van der Waals surface area contributed by atoms with Crippen LogP contribution in [0.2, 0.25) is 0 Å². The predicted octanol–water partition coefficient (Wildman–Crippen LogP) is 2.28. The van der Waals surface area contributed by atoms with Crippen molar-refractivity contribution in [3.05, 3.63) is 11.4 Å². The van der Waals surface area contributed by atoms with E-state index in [2.05, 4.69) is 43.2 Å². The maximum absolute atomic E-state index is 12.3. The van der Waals surface area contributed by atoms with Gasteiger partial charge in [0.2, 0.25) is 0 Å². The Morgan fingerprint density at radius 1 is 1.32 bits per heavy atom. The molecule has 2 rings (SSSR count). The highest BCUT2D eigenvalue weighted by atomic mass is 16.2. The highest BCUT2D eigenvalue weighted by Gasteiger charge is 2.65. The van der Waals surface area contributed by atoms with E-state index in [0.717, 1.165) is 5.69 Å². The van der Waals surface area contributed by atoms with E-state index >= 15 is 0 Å². The first-order valence-electron chi connectivity index (χ1n) is 6.75. The molecule has 5 nitrogen and oxygen atoms in total. The smallest absolute Gasteiger partial charge is 0.274 e. The molecule has 1 fully saturated rings. The SMILES string of the molecule is CC(C)c1[nH]nc(C(=O)NC2C(C)(C)C2(C)C)c1N. The summed E-state index contributed by atoms with van der Waals surface area (Å²) in [4.78, 5) is 12.3. The summed E-state index contributed by atoms with van der Waals surface area (Å²) in [7, 11) is 0. The van der Waals surface area contributed by atoms with Gasteiger partial charge in [-0.2, -0.15) is 5.10 Å². The molecule has 0 atom stereocenters. The first-order chi connectivity index (χ1) is 8.60. The average Bonchev–Trinajstić information content (AvgIpc) is 2.64. The minimum atomic E-state index is -0.190. The third-order valence-corrected chi connectivity index (χ3v) is 4.92. The van der Waals surface area contributed by atoms with Crippen LogP contribution >= 0.6 is 0 Å². The summed E-state index contributed by atoms with van der Waals surface area (Å²) in [6, 6.07) is 0.158. The lowest BCUT2D eigenvalue weighted by molar-refractivity contribution is 0.0939. The van der Waals surface area contributed by atoms with E-state index in [1.807, 2.05) is 13.8 Å². The van der Waals surface area contributed by atoms with E-state index in [1.54, 1.807) is 0 Å². The lowest BCUT2D eigenvalue weighted by atomic mass is 10.0. The molecule has 0 spiro atoms. The number of anilines is 1. The van der Waals surface area contributed by atoms with Crippen molar-refractivity contribution in [2.75, 3.05) is 5.73 Å². The van der Waals surface area contributed by atoms with Gasteiger partial charge < -0.3 is 11.1 Å². The zero-order chi connectivity index (χ0) is 14.6. The molecule has 0 unspecified atom stereocenters. The van der Waals surface area contributed by atoms with Gasteiger partial charge >= 0.3 is 0 Å². The minimum Gasteiger partial charge on any atom is -0.395 e. The van der Waals surface area contributed by atoms with Crippen molar-refractivity contribution in [3.8, 4) is 0 Å². The molecule has 1 aromatic rings. The van der Waals surface area contributed by atoms with Crippen LogP contribution in [0.25, 0.3) is 0 Å². The zero-order valence-electron chi connectivity index (χ0n) is 12.6. The number of nitrogen functional groups attached to an aromatic ring is 1. The van der Waals surface area contributed by atoms with Crippen molar-refractivity contribution in [1.82, 2.24) is 15.5 Å². The molecule has 0 aliphatic heterocycles. The van der Waals surface area contributed by atoms with Crippen molar-refractivity contribution >= 4 is 11.6 Å². The fraction of sp³-hybridized carbons (Fsp3) is 0.714. The average molecular weight is 264 g/mol. The Labute approximate surface area is 114 Å². The lowest BCUT2D eigenvalue weighted by Crippen LogP contribution is -2.30. The second kappa shape index (κ2) is 3.99. The summed E-state index contributed by atoms with van der Waals surface area (Å²) in [5.41, 5.74) is 7.78. The molecule has 1 saturated carbocycles. The van der Waals surface area contributed by atoms with Crippen LogP contribution < -0.4 is 11.1 Å². The molecule has 5 heteroatoms. The summed E-state index contributed by atoms with van der Waals surface area (Å²) in [5, 5.41) is 9.95. The number of aromatic nitrogens is 2. The number of nitrogens with zero attached hydrogens (tertiary/aromatic N) is 1. The second-order valence-electron chi connectivity index (χ2n) is 6.90. The fourth-order valence-corrected chi connectivity index (χ4v) is 2.73. The first-order valence-corrected chi connectivity index (χ1v) is 6.75. The monoisotopic (exact) mass is 264 g/mol. The number of amides is 1. The Hall–Kier alpha value is -1.52. The van der Waals surface area contributed by atoms with Crippen molar-refractivity contribution in [2.24, 2.45) is 10.8 Å². The molecule has 1 aliphatic rings. The number of aromatic amines is 1. The molecule has 1 amide bonds.